The maximum Gasteiger partial charge on any atom is 0.427 e. The highest BCUT2D eigenvalue weighted by Crippen LogP contribution is 2.46. The SMILES string of the molecule is COc1cc2ccnc(O[C@@H]3C[C@H]4C(=O)N[C@]5(C(=O)NS(=O)(=O)C6CC6)C[C@H]5C=CCC[C@@H](C)C[C@@H](C)[C@H](NC(=O)OC(C)(C)C(F)(F)F)C(=O)N4C3)c2cc1F. The van der Waals surface area contributed by atoms with Gasteiger partial charge in [0.05, 0.1) is 18.9 Å². The van der Waals surface area contributed by atoms with Crippen molar-refractivity contribution in [3.63, 3.8) is 0 Å². The molecular formula is C38H47F4N5O9S. The number of hydrogen-bond acceptors (Lipinski definition) is 10. The van der Waals surface area contributed by atoms with Crippen LogP contribution in [0.5, 0.6) is 11.6 Å². The molecule has 1 saturated heterocycles. The maximum atomic E-state index is 14.8. The summed E-state index contributed by atoms with van der Waals surface area (Å²) >= 11 is 0. The molecule has 312 valence electrons. The van der Waals surface area contributed by atoms with Crippen molar-refractivity contribution < 1.29 is 59.4 Å². The fourth-order valence-corrected chi connectivity index (χ4v) is 8.86. The molecule has 14 nitrogen and oxygen atoms in total. The van der Waals surface area contributed by atoms with Crippen LogP contribution in [0.3, 0.4) is 0 Å². The highest BCUT2D eigenvalue weighted by molar-refractivity contribution is 7.91. The standard InChI is InChI=1S/C38H47F4N5O9S/c1-20-8-6-7-9-23-18-37(23,34(50)46-57(52,53)25-10-11-25)45-31(48)28-16-24(55-32-26-17-27(39)29(54-5)15-22(26)12-13-43-32)19-47(28)33(49)30(21(2)14-20)44-35(51)56-36(3,4)38(40,41)42/h7,9,12-13,15,17,20-21,23-25,28,30H,6,8,10-11,14,16,18-19H2,1-5H3,(H,44,51)(H,45,48)(H,46,50)/t20-,21-,23-,24-,28+,30+,37-/m1/s1. The second-order valence-electron chi connectivity index (χ2n) is 16.1. The third-order valence-corrected chi connectivity index (χ3v) is 13.0. The Bertz CT molecular complexity index is 2060. The Kier molecular flexibility index (Phi) is 11.5. The van der Waals surface area contributed by atoms with E-state index in [1.165, 1.54) is 19.4 Å². The average Bonchev–Trinajstić information content (AvgIpc) is 4.05. The number of nitrogens with one attached hydrogen (secondary N) is 3. The molecular weight excluding hydrogens is 779 g/mol. The maximum absolute atomic E-state index is 14.8. The molecule has 3 N–H and O–H groups in total. The van der Waals surface area contributed by atoms with Crippen LogP contribution in [0.15, 0.2) is 36.5 Å². The lowest BCUT2D eigenvalue weighted by Gasteiger charge is -2.34. The smallest absolute Gasteiger partial charge is 0.427 e. The van der Waals surface area contributed by atoms with Crippen LogP contribution in [0.4, 0.5) is 22.4 Å². The van der Waals surface area contributed by atoms with Crippen molar-refractivity contribution in [1.29, 1.82) is 0 Å². The molecule has 4 aliphatic rings. The Morgan fingerprint density at radius 3 is 2.47 bits per heavy atom. The van der Waals surface area contributed by atoms with Crippen LogP contribution in [-0.4, -0.2) is 96.5 Å². The number of benzene rings is 1. The van der Waals surface area contributed by atoms with E-state index in [2.05, 4.69) is 20.3 Å². The van der Waals surface area contributed by atoms with E-state index in [9.17, 15) is 45.2 Å². The number of alkyl halides is 3. The zero-order valence-corrected chi connectivity index (χ0v) is 33.0. The largest absolute Gasteiger partial charge is 0.494 e. The number of fused-ring (bicyclic) bond motifs is 3. The Hall–Kier alpha value is -4.68. The van der Waals surface area contributed by atoms with Gasteiger partial charge in [0.2, 0.25) is 33.3 Å². The molecule has 2 aromatic rings. The zero-order chi connectivity index (χ0) is 41.7. The third kappa shape index (κ3) is 8.92. The third-order valence-electron chi connectivity index (χ3n) is 11.2. The molecule has 0 unspecified atom stereocenters. The Morgan fingerprint density at radius 2 is 1.81 bits per heavy atom. The fraction of sp³-hybridized carbons (Fsp3) is 0.605. The van der Waals surface area contributed by atoms with Gasteiger partial charge in [0.1, 0.15) is 23.7 Å². The molecule has 19 heteroatoms. The van der Waals surface area contributed by atoms with Crippen molar-refractivity contribution in [3.05, 3.63) is 42.4 Å². The Balaban J connectivity index is 1.35. The zero-order valence-electron chi connectivity index (χ0n) is 32.2. The van der Waals surface area contributed by atoms with E-state index in [0.29, 0.717) is 51.3 Å². The first-order valence-electron chi connectivity index (χ1n) is 18.9. The summed E-state index contributed by atoms with van der Waals surface area (Å²) in [5.41, 5.74) is -4.57. The number of allylic oxidation sites excluding steroid dienone is 1. The first-order chi connectivity index (χ1) is 26.7. The molecule has 3 fully saturated rings. The average molecular weight is 826 g/mol. The summed E-state index contributed by atoms with van der Waals surface area (Å²) in [4.78, 5) is 61.3. The second-order valence-corrected chi connectivity index (χ2v) is 18.1. The van der Waals surface area contributed by atoms with Gasteiger partial charge in [-0.3, -0.25) is 19.1 Å². The predicted molar refractivity (Wildman–Crippen MR) is 197 cm³/mol. The van der Waals surface area contributed by atoms with Crippen LogP contribution < -0.4 is 24.8 Å². The summed E-state index contributed by atoms with van der Waals surface area (Å²) in [6.07, 6.45) is -0.296. The van der Waals surface area contributed by atoms with Gasteiger partial charge in [-0.05, 0) is 87.8 Å². The van der Waals surface area contributed by atoms with Gasteiger partial charge >= 0.3 is 12.3 Å². The van der Waals surface area contributed by atoms with Gasteiger partial charge in [0.15, 0.2) is 11.6 Å². The van der Waals surface area contributed by atoms with E-state index >= 15 is 0 Å². The van der Waals surface area contributed by atoms with Gasteiger partial charge in [-0.15, -0.1) is 0 Å². The highest BCUT2D eigenvalue weighted by atomic mass is 32.2. The molecule has 2 aliphatic carbocycles. The van der Waals surface area contributed by atoms with Gasteiger partial charge in [0, 0.05) is 23.9 Å². The summed E-state index contributed by atoms with van der Waals surface area (Å²) in [5, 5.41) is 5.12. The first kappa shape index (κ1) is 41.9. The number of alkyl carbamates (subject to hydrolysis) is 1. The summed E-state index contributed by atoms with van der Waals surface area (Å²) in [6, 6.07) is 1.35. The van der Waals surface area contributed by atoms with Crippen molar-refractivity contribution in [2.75, 3.05) is 13.7 Å². The van der Waals surface area contributed by atoms with E-state index in [4.69, 9.17) is 14.2 Å². The lowest BCUT2D eigenvalue weighted by molar-refractivity contribution is -0.244. The molecule has 0 spiro atoms. The van der Waals surface area contributed by atoms with Crippen LogP contribution in [0.25, 0.3) is 10.8 Å². The van der Waals surface area contributed by atoms with Gasteiger partial charge < -0.3 is 29.7 Å². The van der Waals surface area contributed by atoms with E-state index < -0.39 is 92.2 Å². The summed E-state index contributed by atoms with van der Waals surface area (Å²) < 4.78 is 99.8. The van der Waals surface area contributed by atoms with Gasteiger partial charge in [0.25, 0.3) is 5.91 Å². The van der Waals surface area contributed by atoms with Crippen molar-refractivity contribution in [3.8, 4) is 11.6 Å². The van der Waals surface area contributed by atoms with E-state index in [-0.39, 0.29) is 42.3 Å². The Labute approximate surface area is 327 Å². The van der Waals surface area contributed by atoms with Crippen LogP contribution in [0.1, 0.15) is 72.6 Å². The highest BCUT2D eigenvalue weighted by Gasteiger charge is 2.62. The molecule has 7 atom stereocenters. The number of hydrogen-bond donors (Lipinski definition) is 3. The van der Waals surface area contributed by atoms with Crippen LogP contribution in [0, 0.1) is 23.6 Å². The van der Waals surface area contributed by atoms with E-state index in [1.807, 2.05) is 13.0 Å². The number of aromatic nitrogens is 1. The second kappa shape index (κ2) is 15.6. The number of amides is 4. The monoisotopic (exact) mass is 825 g/mol. The summed E-state index contributed by atoms with van der Waals surface area (Å²) in [5.74, 6) is -4.65. The molecule has 0 radical (unpaired) electrons. The van der Waals surface area contributed by atoms with Crippen LogP contribution in [0.2, 0.25) is 0 Å². The van der Waals surface area contributed by atoms with Crippen molar-refractivity contribution in [2.45, 2.75) is 113 Å². The summed E-state index contributed by atoms with van der Waals surface area (Å²) in [7, 11) is -2.69. The lowest BCUT2D eigenvalue weighted by atomic mass is 9.88. The molecule has 4 amide bonds. The number of halogens is 4. The number of sulfonamides is 1. The van der Waals surface area contributed by atoms with Crippen molar-refractivity contribution in [1.82, 2.24) is 25.2 Å². The van der Waals surface area contributed by atoms with Crippen LogP contribution >= 0.6 is 0 Å². The minimum atomic E-state index is -4.93. The molecule has 1 aromatic heterocycles. The van der Waals surface area contributed by atoms with Crippen molar-refractivity contribution >= 4 is 44.6 Å². The van der Waals surface area contributed by atoms with Gasteiger partial charge in [-0.1, -0.05) is 26.0 Å². The van der Waals surface area contributed by atoms with E-state index in [1.54, 1.807) is 19.1 Å². The molecule has 1 aromatic carbocycles. The number of carbonyl (C=O) groups is 4. The lowest BCUT2D eigenvalue weighted by Crippen LogP contribution is -2.59. The molecule has 6 rings (SSSR count). The molecule has 57 heavy (non-hydrogen) atoms. The predicted octanol–water partition coefficient (Wildman–Crippen LogP) is 4.66. The first-order valence-corrected chi connectivity index (χ1v) is 20.4. The molecule has 2 saturated carbocycles. The van der Waals surface area contributed by atoms with Gasteiger partial charge in [-0.2, -0.15) is 13.2 Å². The Morgan fingerprint density at radius 1 is 1.09 bits per heavy atom. The number of carbonyl (C=O) groups excluding carboxylic acids is 4. The number of methoxy groups -OCH3 is 1. The molecule has 2 aliphatic heterocycles. The number of ether oxygens (including phenoxy) is 3. The normalized spacial score (nSPS) is 28.6. The van der Waals surface area contributed by atoms with Crippen molar-refractivity contribution in [2.24, 2.45) is 17.8 Å². The minimum Gasteiger partial charge on any atom is -0.494 e. The quantitative estimate of drug-likeness (QED) is 0.250. The number of rotatable bonds is 8. The van der Waals surface area contributed by atoms with Crippen LogP contribution in [-0.2, 0) is 29.1 Å². The molecule has 3 heterocycles. The van der Waals surface area contributed by atoms with Gasteiger partial charge in [-0.25, -0.2) is 22.6 Å². The molecule has 0 bridgehead atoms. The number of nitrogens with zero attached hydrogens (tertiary/aromatic N) is 2. The minimum absolute atomic E-state index is 0.0241. The topological polar surface area (TPSA) is 182 Å². The fourth-order valence-electron chi connectivity index (χ4n) is 7.50. The van der Waals surface area contributed by atoms with E-state index in [0.717, 1.165) is 11.0 Å². The number of pyridine rings is 1. The summed E-state index contributed by atoms with van der Waals surface area (Å²) in [6.45, 7) is 4.61.